The summed E-state index contributed by atoms with van der Waals surface area (Å²) in [6.45, 7) is 0.483. The van der Waals surface area contributed by atoms with Gasteiger partial charge in [0.05, 0.1) is 9.92 Å². The van der Waals surface area contributed by atoms with E-state index in [-0.39, 0.29) is 9.92 Å². The Kier molecular flexibility index (Phi) is 3.06. The molecule has 0 radical (unpaired) electrons. The quantitative estimate of drug-likeness (QED) is 0.903. The van der Waals surface area contributed by atoms with Crippen molar-refractivity contribution in [3.05, 3.63) is 33.7 Å². The molecule has 0 aromatic heterocycles. The van der Waals surface area contributed by atoms with Gasteiger partial charge in [-0.3, -0.25) is 0 Å². The SMILES string of the molecule is NCCCC1=Cc2cccc(Cl)c2S1(=O)=O. The molecule has 0 saturated carbocycles. The minimum absolute atomic E-state index is 0.240. The summed E-state index contributed by atoms with van der Waals surface area (Å²) in [7, 11) is -3.38. The van der Waals surface area contributed by atoms with E-state index in [1.807, 2.05) is 0 Å². The number of sulfone groups is 1. The third-order valence-corrected chi connectivity index (χ3v) is 4.99. The van der Waals surface area contributed by atoms with Gasteiger partial charge in [-0.2, -0.15) is 0 Å². The van der Waals surface area contributed by atoms with Crippen molar-refractivity contribution >= 4 is 27.5 Å². The van der Waals surface area contributed by atoms with E-state index in [9.17, 15) is 8.42 Å². The van der Waals surface area contributed by atoms with E-state index in [0.29, 0.717) is 29.9 Å². The molecule has 0 bridgehead atoms. The standard InChI is InChI=1S/C11H12ClNO2S/c12-10-5-1-3-8-7-9(4-2-6-13)16(14,15)11(8)10/h1,3,5,7H,2,4,6,13H2. The van der Waals surface area contributed by atoms with Crippen molar-refractivity contribution < 1.29 is 8.42 Å². The van der Waals surface area contributed by atoms with Crippen LogP contribution in [0, 0.1) is 0 Å². The molecule has 16 heavy (non-hydrogen) atoms. The fraction of sp³-hybridized carbons (Fsp3) is 0.273. The molecule has 0 spiro atoms. The maximum absolute atomic E-state index is 12.1. The second-order valence-electron chi connectivity index (χ2n) is 3.66. The van der Waals surface area contributed by atoms with Crippen LogP contribution < -0.4 is 5.73 Å². The second kappa shape index (κ2) is 4.20. The molecule has 2 N–H and O–H groups in total. The number of rotatable bonds is 3. The molecule has 1 aliphatic rings. The average Bonchev–Trinajstić information content (AvgIpc) is 2.48. The van der Waals surface area contributed by atoms with Crippen LogP contribution in [0.25, 0.3) is 6.08 Å². The van der Waals surface area contributed by atoms with Crippen LogP contribution in [-0.2, 0) is 9.84 Å². The van der Waals surface area contributed by atoms with Gasteiger partial charge in [0.1, 0.15) is 0 Å². The third kappa shape index (κ3) is 1.77. The lowest BCUT2D eigenvalue weighted by Crippen LogP contribution is -2.04. The maximum Gasteiger partial charge on any atom is 0.204 e. The number of nitrogens with two attached hydrogens (primary N) is 1. The Hall–Kier alpha value is -0.840. The Morgan fingerprint density at radius 1 is 1.31 bits per heavy atom. The predicted octanol–water partition coefficient (Wildman–Crippen LogP) is 2.21. The van der Waals surface area contributed by atoms with Crippen LogP contribution in [0.15, 0.2) is 28.0 Å². The van der Waals surface area contributed by atoms with E-state index < -0.39 is 9.84 Å². The fourth-order valence-electron chi connectivity index (χ4n) is 1.79. The number of fused-ring (bicyclic) bond motifs is 1. The summed E-state index contributed by atoms with van der Waals surface area (Å²) >= 11 is 5.92. The van der Waals surface area contributed by atoms with Crippen LogP contribution in [0.5, 0.6) is 0 Å². The summed E-state index contributed by atoms with van der Waals surface area (Å²) in [5.41, 5.74) is 6.06. The molecule has 0 amide bonds. The molecule has 1 heterocycles. The van der Waals surface area contributed by atoms with Crippen LogP contribution in [0.2, 0.25) is 5.02 Å². The van der Waals surface area contributed by atoms with Gasteiger partial charge in [-0.05, 0) is 37.1 Å². The molecule has 0 atom stereocenters. The smallest absolute Gasteiger partial charge is 0.204 e. The maximum atomic E-state index is 12.1. The van der Waals surface area contributed by atoms with Crippen molar-refractivity contribution in [2.45, 2.75) is 17.7 Å². The van der Waals surface area contributed by atoms with Crippen molar-refractivity contribution in [2.75, 3.05) is 6.54 Å². The Morgan fingerprint density at radius 3 is 2.69 bits per heavy atom. The first-order chi connectivity index (χ1) is 7.57. The fourth-order valence-corrected chi connectivity index (χ4v) is 3.99. The number of halogens is 1. The molecule has 1 aliphatic heterocycles. The highest BCUT2D eigenvalue weighted by Crippen LogP contribution is 2.38. The minimum atomic E-state index is -3.38. The molecule has 1 aromatic rings. The number of allylic oxidation sites excluding steroid dienone is 1. The monoisotopic (exact) mass is 257 g/mol. The summed E-state index contributed by atoms with van der Waals surface area (Å²) < 4.78 is 24.2. The molecule has 5 heteroatoms. The lowest BCUT2D eigenvalue weighted by Gasteiger charge is -2.04. The van der Waals surface area contributed by atoms with Gasteiger partial charge in [0.25, 0.3) is 0 Å². The summed E-state index contributed by atoms with van der Waals surface area (Å²) in [4.78, 5) is 0.657. The molecular formula is C11H12ClNO2S. The predicted molar refractivity (Wildman–Crippen MR) is 64.9 cm³/mol. The van der Waals surface area contributed by atoms with E-state index in [2.05, 4.69) is 0 Å². The minimum Gasteiger partial charge on any atom is -0.330 e. The zero-order valence-electron chi connectivity index (χ0n) is 8.61. The van der Waals surface area contributed by atoms with Gasteiger partial charge < -0.3 is 5.73 Å². The average molecular weight is 258 g/mol. The zero-order chi connectivity index (χ0) is 11.8. The lowest BCUT2D eigenvalue weighted by molar-refractivity contribution is 0.601. The molecule has 0 fully saturated rings. The molecule has 0 aliphatic carbocycles. The first-order valence-corrected chi connectivity index (χ1v) is 6.87. The van der Waals surface area contributed by atoms with Crippen molar-refractivity contribution in [2.24, 2.45) is 5.73 Å². The van der Waals surface area contributed by atoms with Gasteiger partial charge >= 0.3 is 0 Å². The Bertz CT molecular complexity index is 549. The number of hydrogen-bond acceptors (Lipinski definition) is 3. The Balaban J connectivity index is 2.48. The summed E-state index contributed by atoms with van der Waals surface area (Å²) in [6, 6.07) is 5.10. The van der Waals surface area contributed by atoms with Gasteiger partial charge in [-0.25, -0.2) is 8.42 Å². The highest BCUT2D eigenvalue weighted by atomic mass is 35.5. The van der Waals surface area contributed by atoms with E-state index in [0.717, 1.165) is 0 Å². The van der Waals surface area contributed by atoms with Gasteiger partial charge in [0.15, 0.2) is 0 Å². The van der Waals surface area contributed by atoms with Gasteiger partial charge in [-0.1, -0.05) is 23.7 Å². The van der Waals surface area contributed by atoms with Crippen molar-refractivity contribution in [3.63, 3.8) is 0 Å². The number of benzene rings is 1. The first-order valence-electron chi connectivity index (χ1n) is 5.01. The van der Waals surface area contributed by atoms with Crippen molar-refractivity contribution in [1.82, 2.24) is 0 Å². The zero-order valence-corrected chi connectivity index (χ0v) is 10.2. The molecule has 0 saturated heterocycles. The third-order valence-electron chi connectivity index (χ3n) is 2.56. The van der Waals surface area contributed by atoms with Crippen LogP contribution >= 0.6 is 11.6 Å². The number of hydrogen-bond donors (Lipinski definition) is 1. The van der Waals surface area contributed by atoms with E-state index in [4.69, 9.17) is 17.3 Å². The van der Waals surface area contributed by atoms with Crippen LogP contribution in [-0.4, -0.2) is 15.0 Å². The second-order valence-corrected chi connectivity index (χ2v) is 6.01. The van der Waals surface area contributed by atoms with Gasteiger partial charge in [-0.15, -0.1) is 0 Å². The van der Waals surface area contributed by atoms with Crippen molar-refractivity contribution in [3.8, 4) is 0 Å². The highest BCUT2D eigenvalue weighted by molar-refractivity contribution is 7.96. The summed E-state index contributed by atoms with van der Waals surface area (Å²) in [6.07, 6.45) is 2.83. The molecule has 3 nitrogen and oxygen atoms in total. The molecule has 2 rings (SSSR count). The van der Waals surface area contributed by atoms with E-state index in [1.165, 1.54) is 0 Å². The van der Waals surface area contributed by atoms with Crippen LogP contribution in [0.3, 0.4) is 0 Å². The van der Waals surface area contributed by atoms with E-state index >= 15 is 0 Å². The summed E-state index contributed by atoms with van der Waals surface area (Å²) in [5, 5.41) is 0.288. The van der Waals surface area contributed by atoms with Crippen molar-refractivity contribution in [1.29, 1.82) is 0 Å². The van der Waals surface area contributed by atoms with Crippen LogP contribution in [0.4, 0.5) is 0 Å². The highest BCUT2D eigenvalue weighted by Gasteiger charge is 2.30. The summed E-state index contributed by atoms with van der Waals surface area (Å²) in [5.74, 6) is 0. The topological polar surface area (TPSA) is 60.2 Å². The van der Waals surface area contributed by atoms with E-state index in [1.54, 1.807) is 24.3 Å². The van der Waals surface area contributed by atoms with Gasteiger partial charge in [0.2, 0.25) is 9.84 Å². The normalized spacial score (nSPS) is 17.0. The lowest BCUT2D eigenvalue weighted by atomic mass is 10.2. The Labute approximate surface area is 99.8 Å². The first kappa shape index (κ1) is 11.6. The van der Waals surface area contributed by atoms with Gasteiger partial charge in [0, 0.05) is 4.91 Å². The molecule has 0 unspecified atom stereocenters. The molecule has 86 valence electrons. The molecule has 1 aromatic carbocycles. The largest absolute Gasteiger partial charge is 0.330 e. The Morgan fingerprint density at radius 2 is 2.06 bits per heavy atom. The van der Waals surface area contributed by atoms with Crippen LogP contribution in [0.1, 0.15) is 18.4 Å². The molecular weight excluding hydrogens is 246 g/mol.